The van der Waals surface area contributed by atoms with E-state index < -0.39 is 0 Å². The summed E-state index contributed by atoms with van der Waals surface area (Å²) in [6.07, 6.45) is 12.3. The minimum absolute atomic E-state index is 0.429. The summed E-state index contributed by atoms with van der Waals surface area (Å²) in [5, 5.41) is 2.19. The molecule has 186 valence electrons. The Balaban J connectivity index is 1.42. The number of thiophene rings is 1. The summed E-state index contributed by atoms with van der Waals surface area (Å²) in [5.41, 5.74) is 6.68. The molecule has 2 atom stereocenters. The Labute approximate surface area is 216 Å². The zero-order valence-electron chi connectivity index (χ0n) is 22.0. The zero-order valence-corrected chi connectivity index (χ0v) is 22.8. The Hall–Kier alpha value is -2.59. The van der Waals surface area contributed by atoms with Crippen molar-refractivity contribution in [2.45, 2.75) is 72.3 Å². The third kappa shape index (κ3) is 6.35. The zero-order chi connectivity index (χ0) is 24.8. The van der Waals surface area contributed by atoms with Crippen molar-refractivity contribution in [3.05, 3.63) is 87.8 Å². The maximum absolute atomic E-state index is 4.99. The Morgan fingerprint density at radius 2 is 2.00 bits per heavy atom. The number of hydrogen-bond donors (Lipinski definition) is 0. The molecule has 3 aromatic rings. The van der Waals surface area contributed by atoms with Gasteiger partial charge in [0.05, 0.1) is 5.69 Å². The normalized spacial score (nSPS) is 17.2. The van der Waals surface area contributed by atoms with E-state index in [1.165, 1.54) is 65.2 Å². The average Bonchev–Trinajstić information content (AvgIpc) is 3.62. The van der Waals surface area contributed by atoms with Gasteiger partial charge in [0, 0.05) is 30.7 Å². The van der Waals surface area contributed by atoms with Crippen LogP contribution >= 0.6 is 11.3 Å². The first-order valence-corrected chi connectivity index (χ1v) is 14.1. The van der Waals surface area contributed by atoms with Crippen molar-refractivity contribution in [2.75, 3.05) is 13.1 Å². The van der Waals surface area contributed by atoms with Crippen LogP contribution in [0.15, 0.2) is 54.7 Å². The lowest BCUT2D eigenvalue weighted by Crippen LogP contribution is -2.13. The largest absolute Gasteiger partial charge is 0.378 e. The molecule has 3 heterocycles. The van der Waals surface area contributed by atoms with Crippen LogP contribution < -0.4 is 0 Å². The lowest BCUT2D eigenvalue weighted by molar-refractivity contribution is 0.428. The second-order valence-corrected chi connectivity index (χ2v) is 11.0. The van der Waals surface area contributed by atoms with Gasteiger partial charge in [-0.25, -0.2) is 4.98 Å². The van der Waals surface area contributed by atoms with E-state index in [2.05, 4.69) is 91.7 Å². The fraction of sp³-hybridized carbons (Fsp3) is 0.452. The van der Waals surface area contributed by atoms with Gasteiger partial charge in [-0.15, -0.1) is 11.3 Å². The van der Waals surface area contributed by atoms with Crippen LogP contribution in [0.1, 0.15) is 79.5 Å². The van der Waals surface area contributed by atoms with E-state index in [9.17, 15) is 0 Å². The van der Waals surface area contributed by atoms with Gasteiger partial charge in [0.1, 0.15) is 5.82 Å². The topological polar surface area (TPSA) is 21.1 Å². The molecule has 0 bridgehead atoms. The summed E-state index contributed by atoms with van der Waals surface area (Å²) >= 11 is 1.82. The van der Waals surface area contributed by atoms with Crippen molar-refractivity contribution in [3.63, 3.8) is 0 Å². The van der Waals surface area contributed by atoms with E-state index in [1.54, 1.807) is 0 Å². The highest BCUT2D eigenvalue weighted by atomic mass is 32.1. The van der Waals surface area contributed by atoms with Crippen LogP contribution in [-0.4, -0.2) is 27.5 Å². The van der Waals surface area contributed by atoms with E-state index in [1.807, 2.05) is 17.5 Å². The van der Waals surface area contributed by atoms with Crippen molar-refractivity contribution in [3.8, 4) is 0 Å². The third-order valence-electron chi connectivity index (χ3n) is 7.49. The van der Waals surface area contributed by atoms with E-state index >= 15 is 0 Å². The SMILES string of the molecule is C=CN1CCC(CCc2ccc(C(C)Cn3cc(CC)nc3/C(C)=C/c3sccc3CC)cc2)C1. The van der Waals surface area contributed by atoms with Gasteiger partial charge < -0.3 is 9.47 Å². The number of benzene rings is 1. The summed E-state index contributed by atoms with van der Waals surface area (Å²) in [6, 6.07) is 11.6. The molecule has 1 fully saturated rings. The molecule has 0 radical (unpaired) electrons. The Kier molecular flexibility index (Phi) is 8.67. The molecular weight excluding hydrogens is 446 g/mol. The van der Waals surface area contributed by atoms with Crippen LogP contribution in [-0.2, 0) is 25.8 Å². The Bertz CT molecular complexity index is 1130. The van der Waals surface area contributed by atoms with Crippen LogP contribution in [0, 0.1) is 5.92 Å². The number of hydrogen-bond acceptors (Lipinski definition) is 3. The highest BCUT2D eigenvalue weighted by Crippen LogP contribution is 2.27. The van der Waals surface area contributed by atoms with Gasteiger partial charge in [0.2, 0.25) is 0 Å². The Morgan fingerprint density at radius 1 is 1.20 bits per heavy atom. The molecule has 1 aliphatic heterocycles. The standard InChI is InChI=1S/C31H41N3S/c1-6-27-16-18-35-30(27)19-23(4)31-32-29(7-2)22-34(31)20-24(5)28-13-11-25(12-14-28)9-10-26-15-17-33(8-3)21-26/h8,11-14,16,18-19,22,24,26H,3,6-7,9-10,15,17,20-21H2,1-2,4-5H3/b23-19+. The summed E-state index contributed by atoms with van der Waals surface area (Å²) in [4.78, 5) is 8.70. The molecule has 35 heavy (non-hydrogen) atoms. The molecule has 0 spiro atoms. The molecule has 2 aromatic heterocycles. The van der Waals surface area contributed by atoms with Crippen LogP contribution in [0.4, 0.5) is 0 Å². The number of imidazole rings is 1. The first-order chi connectivity index (χ1) is 17.0. The molecule has 2 unspecified atom stereocenters. The van der Waals surface area contributed by atoms with Crippen molar-refractivity contribution in [2.24, 2.45) is 5.92 Å². The predicted molar refractivity (Wildman–Crippen MR) is 152 cm³/mol. The monoisotopic (exact) mass is 487 g/mol. The first kappa shape index (κ1) is 25.5. The van der Waals surface area contributed by atoms with Gasteiger partial charge in [0.25, 0.3) is 0 Å². The fourth-order valence-electron chi connectivity index (χ4n) is 5.17. The van der Waals surface area contributed by atoms with Gasteiger partial charge in [-0.05, 0) is 96.8 Å². The summed E-state index contributed by atoms with van der Waals surface area (Å²) in [6.45, 7) is 16.1. The molecule has 1 aromatic carbocycles. The first-order valence-electron chi connectivity index (χ1n) is 13.3. The van der Waals surface area contributed by atoms with Crippen molar-refractivity contribution < 1.29 is 0 Å². The van der Waals surface area contributed by atoms with Crippen LogP contribution in [0.3, 0.4) is 0 Å². The molecule has 0 aliphatic carbocycles. The number of aromatic nitrogens is 2. The van der Waals surface area contributed by atoms with E-state index in [-0.39, 0.29) is 0 Å². The molecule has 4 rings (SSSR count). The van der Waals surface area contributed by atoms with Crippen molar-refractivity contribution in [1.29, 1.82) is 0 Å². The molecular formula is C31H41N3S. The molecule has 0 saturated carbocycles. The number of allylic oxidation sites excluding steroid dienone is 1. The lowest BCUT2D eigenvalue weighted by Gasteiger charge is -2.16. The number of aryl methyl sites for hydroxylation is 3. The van der Waals surface area contributed by atoms with Crippen LogP contribution in [0.25, 0.3) is 11.6 Å². The highest BCUT2D eigenvalue weighted by molar-refractivity contribution is 7.11. The fourth-order valence-corrected chi connectivity index (χ4v) is 6.16. The molecule has 0 N–H and O–H groups in total. The summed E-state index contributed by atoms with van der Waals surface area (Å²) in [7, 11) is 0. The minimum Gasteiger partial charge on any atom is -0.378 e. The van der Waals surface area contributed by atoms with Crippen LogP contribution in [0.5, 0.6) is 0 Å². The average molecular weight is 488 g/mol. The van der Waals surface area contributed by atoms with Gasteiger partial charge in [-0.1, -0.05) is 51.6 Å². The van der Waals surface area contributed by atoms with E-state index in [0.29, 0.717) is 5.92 Å². The highest BCUT2D eigenvalue weighted by Gasteiger charge is 2.19. The second-order valence-electron chi connectivity index (χ2n) is 10.1. The molecule has 0 amide bonds. The summed E-state index contributed by atoms with van der Waals surface area (Å²) < 4.78 is 2.37. The molecule has 3 nitrogen and oxygen atoms in total. The minimum atomic E-state index is 0.429. The number of likely N-dealkylation sites (tertiary alicyclic amines) is 1. The maximum atomic E-state index is 4.99. The molecule has 1 aliphatic rings. The number of nitrogens with zero attached hydrogens (tertiary/aromatic N) is 3. The quantitative estimate of drug-likeness (QED) is 0.275. The molecule has 1 saturated heterocycles. The maximum Gasteiger partial charge on any atom is 0.135 e. The smallest absolute Gasteiger partial charge is 0.135 e. The third-order valence-corrected chi connectivity index (χ3v) is 8.39. The van der Waals surface area contributed by atoms with Crippen LogP contribution in [0.2, 0.25) is 0 Å². The summed E-state index contributed by atoms with van der Waals surface area (Å²) in [5.74, 6) is 2.34. The molecule has 4 heteroatoms. The van der Waals surface area contributed by atoms with Gasteiger partial charge in [0.15, 0.2) is 0 Å². The van der Waals surface area contributed by atoms with Gasteiger partial charge in [-0.3, -0.25) is 0 Å². The Morgan fingerprint density at radius 3 is 2.69 bits per heavy atom. The predicted octanol–water partition coefficient (Wildman–Crippen LogP) is 7.83. The lowest BCUT2D eigenvalue weighted by atomic mass is 9.95. The van der Waals surface area contributed by atoms with E-state index in [4.69, 9.17) is 4.98 Å². The second kappa shape index (κ2) is 11.9. The van der Waals surface area contributed by atoms with E-state index in [0.717, 1.165) is 31.1 Å². The number of rotatable bonds is 11. The van der Waals surface area contributed by atoms with Gasteiger partial charge in [-0.2, -0.15) is 0 Å². The van der Waals surface area contributed by atoms with Gasteiger partial charge >= 0.3 is 0 Å². The van der Waals surface area contributed by atoms with Crippen molar-refractivity contribution in [1.82, 2.24) is 14.5 Å². The van der Waals surface area contributed by atoms with Crippen molar-refractivity contribution >= 4 is 23.0 Å².